The average molecular weight is 322 g/mol. The van der Waals surface area contributed by atoms with Crippen LogP contribution in [0, 0.1) is 5.92 Å². The number of amides is 2. The maximum atomic E-state index is 12.5. The van der Waals surface area contributed by atoms with Crippen LogP contribution in [0.1, 0.15) is 12.8 Å². The summed E-state index contributed by atoms with van der Waals surface area (Å²) in [5, 5.41) is 7.74. The van der Waals surface area contributed by atoms with Crippen LogP contribution >= 0.6 is 0 Å². The van der Waals surface area contributed by atoms with E-state index in [1.54, 1.807) is 0 Å². The summed E-state index contributed by atoms with van der Waals surface area (Å²) in [7, 11) is 0. The van der Waals surface area contributed by atoms with Crippen molar-refractivity contribution in [3.8, 4) is 0 Å². The van der Waals surface area contributed by atoms with E-state index in [1.165, 1.54) is 0 Å². The lowest BCUT2D eigenvalue weighted by Gasteiger charge is -2.30. The van der Waals surface area contributed by atoms with Crippen molar-refractivity contribution >= 4 is 11.8 Å². The fourth-order valence-corrected chi connectivity index (χ4v) is 2.70. The Kier molecular flexibility index (Phi) is 5.63. The van der Waals surface area contributed by atoms with E-state index in [1.807, 2.05) is 5.32 Å². The lowest BCUT2D eigenvalue weighted by Crippen LogP contribution is -2.55. The third-order valence-electron chi connectivity index (χ3n) is 4.03. The average Bonchev–Trinajstić information content (AvgIpc) is 2.47. The number of halogens is 3. The molecule has 9 heteroatoms. The molecule has 2 fully saturated rings. The second-order valence-corrected chi connectivity index (χ2v) is 5.62. The molecule has 0 spiro atoms. The lowest BCUT2D eigenvalue weighted by molar-refractivity contribution is -0.171. The van der Waals surface area contributed by atoms with Crippen LogP contribution in [0.5, 0.6) is 0 Å². The Morgan fingerprint density at radius 2 is 1.95 bits per heavy atom. The number of hydrogen-bond donors (Lipinski definition) is 3. The number of nitrogens with one attached hydrogen (secondary N) is 3. The van der Waals surface area contributed by atoms with Gasteiger partial charge in [0.1, 0.15) is 12.0 Å². The van der Waals surface area contributed by atoms with E-state index in [4.69, 9.17) is 0 Å². The molecule has 2 aliphatic rings. The molecule has 0 aromatic heterocycles. The number of rotatable bonds is 4. The first-order chi connectivity index (χ1) is 10.4. The molecule has 2 heterocycles. The molecule has 2 aliphatic heterocycles. The van der Waals surface area contributed by atoms with Crippen molar-refractivity contribution in [2.45, 2.75) is 25.1 Å². The predicted molar refractivity (Wildman–Crippen MR) is 73.0 cm³/mol. The molecule has 22 heavy (non-hydrogen) atoms. The van der Waals surface area contributed by atoms with Crippen LogP contribution in [0.3, 0.4) is 0 Å². The van der Waals surface area contributed by atoms with Gasteiger partial charge in [0.15, 0.2) is 0 Å². The molecule has 126 valence electrons. The van der Waals surface area contributed by atoms with E-state index in [-0.39, 0.29) is 12.8 Å². The molecule has 2 atom stereocenters. The molecular formula is C13H21F3N4O2. The van der Waals surface area contributed by atoms with Crippen LogP contribution in [-0.4, -0.2) is 68.2 Å². The molecule has 0 aromatic rings. The van der Waals surface area contributed by atoms with Gasteiger partial charge in [0.25, 0.3) is 0 Å². The summed E-state index contributed by atoms with van der Waals surface area (Å²) in [5.41, 5.74) is 0. The minimum absolute atomic E-state index is 0.0739. The van der Waals surface area contributed by atoms with Crippen molar-refractivity contribution in [2.24, 2.45) is 5.92 Å². The quantitative estimate of drug-likeness (QED) is 0.608. The molecule has 0 bridgehead atoms. The zero-order chi connectivity index (χ0) is 16.2. The molecule has 6 nitrogen and oxygen atoms in total. The van der Waals surface area contributed by atoms with Gasteiger partial charge in [-0.05, 0) is 12.8 Å². The van der Waals surface area contributed by atoms with Gasteiger partial charge < -0.3 is 16.0 Å². The molecule has 3 N–H and O–H groups in total. The first kappa shape index (κ1) is 17.0. The van der Waals surface area contributed by atoms with Crippen LogP contribution in [0.15, 0.2) is 0 Å². The van der Waals surface area contributed by atoms with Gasteiger partial charge in [0, 0.05) is 39.3 Å². The largest absolute Gasteiger partial charge is 0.408 e. The summed E-state index contributed by atoms with van der Waals surface area (Å²) in [6, 6.07) is -1.84. The number of piperazine rings is 1. The van der Waals surface area contributed by atoms with E-state index < -0.39 is 30.0 Å². The number of hydrogen-bond acceptors (Lipinski definition) is 4. The van der Waals surface area contributed by atoms with E-state index in [0.29, 0.717) is 13.1 Å². The zero-order valence-electron chi connectivity index (χ0n) is 12.2. The topological polar surface area (TPSA) is 73.5 Å². The Morgan fingerprint density at radius 1 is 1.27 bits per heavy atom. The van der Waals surface area contributed by atoms with E-state index >= 15 is 0 Å². The SMILES string of the molecule is O=C(NCCN1CCNCC1)C1CCC(C(F)(F)F)NC1=O. The Bertz CT molecular complexity index is 411. The highest BCUT2D eigenvalue weighted by Crippen LogP contribution is 2.28. The van der Waals surface area contributed by atoms with Crippen molar-refractivity contribution in [3.05, 3.63) is 0 Å². The fraction of sp³-hybridized carbons (Fsp3) is 0.846. The third-order valence-corrected chi connectivity index (χ3v) is 4.03. The second-order valence-electron chi connectivity index (χ2n) is 5.62. The highest BCUT2D eigenvalue weighted by atomic mass is 19.4. The van der Waals surface area contributed by atoms with Gasteiger partial charge in [-0.15, -0.1) is 0 Å². The Morgan fingerprint density at radius 3 is 2.55 bits per heavy atom. The van der Waals surface area contributed by atoms with Gasteiger partial charge in [0.2, 0.25) is 11.8 Å². The summed E-state index contributed by atoms with van der Waals surface area (Å²) >= 11 is 0. The first-order valence-electron chi connectivity index (χ1n) is 7.46. The van der Waals surface area contributed by atoms with Crippen molar-refractivity contribution in [1.82, 2.24) is 20.9 Å². The number of nitrogens with zero attached hydrogens (tertiary/aromatic N) is 1. The molecule has 0 aromatic carbocycles. The molecule has 0 radical (unpaired) electrons. The maximum absolute atomic E-state index is 12.5. The summed E-state index contributed by atoms with van der Waals surface area (Å²) in [5.74, 6) is -2.36. The lowest BCUT2D eigenvalue weighted by atomic mass is 9.93. The Labute approximate surface area is 126 Å². The minimum atomic E-state index is -4.46. The van der Waals surface area contributed by atoms with Gasteiger partial charge in [-0.2, -0.15) is 13.2 Å². The summed E-state index contributed by atoms with van der Waals surface area (Å²) in [6.07, 6.45) is -4.79. The van der Waals surface area contributed by atoms with Gasteiger partial charge in [-0.25, -0.2) is 0 Å². The fourth-order valence-electron chi connectivity index (χ4n) is 2.70. The third kappa shape index (κ3) is 4.57. The van der Waals surface area contributed by atoms with Gasteiger partial charge in [-0.1, -0.05) is 0 Å². The normalized spacial score (nSPS) is 27.3. The number of carbonyl (C=O) groups is 2. The van der Waals surface area contributed by atoms with Crippen molar-refractivity contribution in [1.29, 1.82) is 0 Å². The van der Waals surface area contributed by atoms with Crippen LogP contribution in [0.2, 0.25) is 0 Å². The van der Waals surface area contributed by atoms with Gasteiger partial charge in [-0.3, -0.25) is 14.5 Å². The molecule has 2 rings (SSSR count). The molecule has 0 saturated carbocycles. The minimum Gasteiger partial charge on any atom is -0.354 e. The summed E-state index contributed by atoms with van der Waals surface area (Å²) in [4.78, 5) is 25.8. The van der Waals surface area contributed by atoms with E-state index in [2.05, 4.69) is 15.5 Å². The molecular weight excluding hydrogens is 301 g/mol. The zero-order valence-corrected chi connectivity index (χ0v) is 12.2. The van der Waals surface area contributed by atoms with E-state index in [9.17, 15) is 22.8 Å². The second kappa shape index (κ2) is 7.28. The molecule has 2 amide bonds. The Balaban J connectivity index is 1.72. The maximum Gasteiger partial charge on any atom is 0.408 e. The number of carbonyl (C=O) groups excluding carboxylic acids is 2. The van der Waals surface area contributed by atoms with Crippen LogP contribution < -0.4 is 16.0 Å². The van der Waals surface area contributed by atoms with Crippen LogP contribution in [0.25, 0.3) is 0 Å². The van der Waals surface area contributed by atoms with Gasteiger partial charge >= 0.3 is 6.18 Å². The molecule has 2 saturated heterocycles. The number of alkyl halides is 3. The predicted octanol–water partition coefficient (Wildman–Crippen LogP) is -0.535. The summed E-state index contributed by atoms with van der Waals surface area (Å²) < 4.78 is 37.6. The molecule has 2 unspecified atom stereocenters. The van der Waals surface area contributed by atoms with Crippen molar-refractivity contribution in [3.63, 3.8) is 0 Å². The number of piperidine rings is 1. The monoisotopic (exact) mass is 322 g/mol. The van der Waals surface area contributed by atoms with Crippen molar-refractivity contribution in [2.75, 3.05) is 39.3 Å². The highest BCUT2D eigenvalue weighted by molar-refractivity contribution is 6.00. The smallest absolute Gasteiger partial charge is 0.354 e. The van der Waals surface area contributed by atoms with Gasteiger partial charge in [0.05, 0.1) is 0 Å². The summed E-state index contributed by atoms with van der Waals surface area (Å²) in [6.45, 7) is 4.66. The van der Waals surface area contributed by atoms with Crippen molar-refractivity contribution < 1.29 is 22.8 Å². The Hall–Kier alpha value is -1.35. The van der Waals surface area contributed by atoms with Crippen LogP contribution in [-0.2, 0) is 9.59 Å². The highest BCUT2D eigenvalue weighted by Gasteiger charge is 2.45. The van der Waals surface area contributed by atoms with Crippen LogP contribution in [0.4, 0.5) is 13.2 Å². The standard InChI is InChI=1S/C13H21F3N4O2/c14-13(15,16)10-2-1-9(12(22)19-10)11(21)18-5-8-20-6-3-17-4-7-20/h9-10,17H,1-8H2,(H,18,21)(H,19,22). The van der Waals surface area contributed by atoms with E-state index in [0.717, 1.165) is 26.2 Å². The molecule has 0 aliphatic carbocycles. The first-order valence-corrected chi connectivity index (χ1v) is 7.46.